The van der Waals surface area contributed by atoms with Gasteiger partial charge in [0.2, 0.25) is 0 Å². The van der Waals surface area contributed by atoms with Gasteiger partial charge in [-0.25, -0.2) is 9.27 Å². The van der Waals surface area contributed by atoms with Crippen LogP contribution >= 0.6 is 23.2 Å². The van der Waals surface area contributed by atoms with Gasteiger partial charge in [0, 0.05) is 12.1 Å². The summed E-state index contributed by atoms with van der Waals surface area (Å²) in [6, 6.07) is 4.22. The molecule has 0 bridgehead atoms. The van der Waals surface area contributed by atoms with Crippen LogP contribution in [0.3, 0.4) is 0 Å². The van der Waals surface area contributed by atoms with Gasteiger partial charge in [-0.05, 0) is 29.8 Å². The quantitative estimate of drug-likeness (QED) is 0.479. The van der Waals surface area contributed by atoms with Crippen LogP contribution in [0.5, 0.6) is 0 Å². The Balaban J connectivity index is 3.12. The third kappa shape index (κ3) is 3.43. The van der Waals surface area contributed by atoms with Crippen LogP contribution in [0, 0.1) is 0 Å². The summed E-state index contributed by atoms with van der Waals surface area (Å²) in [4.78, 5) is 11.1. The first-order chi connectivity index (χ1) is 7.41. The lowest BCUT2D eigenvalue weighted by molar-refractivity contribution is 0.108. The van der Waals surface area contributed by atoms with Crippen molar-refractivity contribution in [3.05, 3.63) is 28.8 Å². The number of halogens is 2. The zero-order chi connectivity index (χ0) is 12.3. The summed E-state index contributed by atoms with van der Waals surface area (Å²) < 4.78 is 25.0. The van der Waals surface area contributed by atoms with Gasteiger partial charge in [-0.1, -0.05) is 11.6 Å². The van der Waals surface area contributed by atoms with Gasteiger partial charge in [-0.3, -0.25) is 4.79 Å². The van der Waals surface area contributed by atoms with Crippen LogP contribution in [0.4, 0.5) is 5.69 Å². The van der Waals surface area contributed by atoms with E-state index in [-0.39, 0.29) is 11.3 Å². The third-order valence-corrected chi connectivity index (χ3v) is 2.47. The van der Waals surface area contributed by atoms with Crippen molar-refractivity contribution in [1.82, 2.24) is 0 Å². The molecule has 0 saturated carbocycles. The van der Waals surface area contributed by atoms with E-state index >= 15 is 0 Å². The minimum absolute atomic E-state index is 0.0575. The molecule has 1 aromatic carbocycles. The van der Waals surface area contributed by atoms with Crippen LogP contribution < -0.4 is 5.06 Å². The number of rotatable bonds is 4. The highest BCUT2D eigenvalue weighted by Crippen LogP contribution is 2.25. The smallest absolute Gasteiger partial charge is 0.254 e. The van der Waals surface area contributed by atoms with E-state index in [9.17, 15) is 13.6 Å². The van der Waals surface area contributed by atoms with Crippen molar-refractivity contribution in [2.45, 2.75) is 0 Å². The first-order valence-corrected chi connectivity index (χ1v) is 5.68. The monoisotopic (exact) mass is 282 g/mol. The van der Waals surface area contributed by atoms with Gasteiger partial charge in [0.15, 0.2) is 0 Å². The molecule has 5 nitrogen and oxygen atoms in total. The van der Waals surface area contributed by atoms with Crippen molar-refractivity contribution in [1.29, 1.82) is 0 Å². The molecule has 0 aliphatic heterocycles. The Bertz CT molecular complexity index is 440. The molecule has 0 fully saturated rings. The summed E-state index contributed by atoms with van der Waals surface area (Å²) in [6.07, 6.45) is 0. The van der Waals surface area contributed by atoms with Crippen LogP contribution in [0.25, 0.3) is 0 Å². The molecule has 0 aliphatic rings. The van der Waals surface area contributed by atoms with E-state index in [4.69, 9.17) is 23.2 Å². The molecule has 0 saturated heterocycles. The van der Waals surface area contributed by atoms with E-state index in [1.165, 1.54) is 25.2 Å². The standard InChI is InChI=1S/C8H7Cl2NO4S/c1-11(15-16(13)14)7-3-2-5(9)4-6(7)8(10)12/h2-4H,1H3,(H,13,14)/p-1. The second-order valence-electron chi connectivity index (χ2n) is 2.71. The highest BCUT2D eigenvalue weighted by molar-refractivity contribution is 7.74. The maximum atomic E-state index is 11.1. The predicted molar refractivity (Wildman–Crippen MR) is 60.0 cm³/mol. The first kappa shape index (κ1) is 13.4. The normalized spacial score (nSPS) is 12.2. The number of anilines is 1. The predicted octanol–water partition coefficient (Wildman–Crippen LogP) is 1.88. The summed E-state index contributed by atoms with van der Waals surface area (Å²) in [5.74, 6) is 0. The summed E-state index contributed by atoms with van der Waals surface area (Å²) >= 11 is 8.27. The number of hydrogen-bond acceptors (Lipinski definition) is 5. The fourth-order valence-electron chi connectivity index (χ4n) is 1.07. The lowest BCUT2D eigenvalue weighted by Crippen LogP contribution is -2.20. The molecule has 0 N–H and O–H groups in total. The average molecular weight is 283 g/mol. The van der Waals surface area contributed by atoms with Crippen molar-refractivity contribution in [2.75, 3.05) is 12.1 Å². The van der Waals surface area contributed by atoms with Crippen molar-refractivity contribution >= 4 is 45.5 Å². The number of hydroxylamine groups is 1. The molecular formula is C8H6Cl2NO4S-. The SMILES string of the molecule is CN(OS(=O)[O-])c1ccc(Cl)cc1C(=O)Cl. The van der Waals surface area contributed by atoms with Crippen molar-refractivity contribution < 1.29 is 17.8 Å². The molecule has 1 rings (SSSR count). The molecule has 16 heavy (non-hydrogen) atoms. The number of hydrogen-bond donors (Lipinski definition) is 0. The zero-order valence-corrected chi connectivity index (χ0v) is 10.3. The zero-order valence-electron chi connectivity index (χ0n) is 7.98. The molecule has 0 aromatic heterocycles. The molecule has 1 atom stereocenters. The Hall–Kier alpha value is -0.660. The van der Waals surface area contributed by atoms with Gasteiger partial charge in [0.25, 0.3) is 5.24 Å². The molecular weight excluding hydrogens is 277 g/mol. The van der Waals surface area contributed by atoms with Gasteiger partial charge in [-0.2, -0.15) is 4.28 Å². The van der Waals surface area contributed by atoms with E-state index in [0.717, 1.165) is 5.06 Å². The van der Waals surface area contributed by atoms with Gasteiger partial charge in [-0.15, -0.1) is 0 Å². The molecule has 1 unspecified atom stereocenters. The highest BCUT2D eigenvalue weighted by Gasteiger charge is 2.14. The van der Waals surface area contributed by atoms with Crippen molar-refractivity contribution in [3.63, 3.8) is 0 Å². The number of carbonyl (C=O) groups excluding carboxylic acids is 1. The second kappa shape index (κ2) is 5.60. The summed E-state index contributed by atoms with van der Waals surface area (Å²) in [6.45, 7) is 0. The molecule has 0 radical (unpaired) electrons. The van der Waals surface area contributed by atoms with Gasteiger partial charge < -0.3 is 4.55 Å². The Labute approximate surface area is 104 Å². The lowest BCUT2D eigenvalue weighted by atomic mass is 10.2. The Morgan fingerprint density at radius 3 is 2.69 bits per heavy atom. The van der Waals surface area contributed by atoms with Crippen LogP contribution in [0.2, 0.25) is 5.02 Å². The molecule has 1 aromatic rings. The number of benzene rings is 1. The fourth-order valence-corrected chi connectivity index (χ4v) is 1.66. The minimum Gasteiger partial charge on any atom is -0.748 e. The molecule has 8 heteroatoms. The van der Waals surface area contributed by atoms with Crippen LogP contribution in [0.1, 0.15) is 10.4 Å². The molecule has 0 spiro atoms. The lowest BCUT2D eigenvalue weighted by Gasteiger charge is -2.20. The summed E-state index contributed by atoms with van der Waals surface area (Å²) in [5, 5.41) is 0.448. The molecule has 0 aliphatic carbocycles. The maximum absolute atomic E-state index is 11.1. The van der Waals surface area contributed by atoms with E-state index < -0.39 is 16.6 Å². The number of nitrogens with zero attached hydrogens (tertiary/aromatic N) is 1. The third-order valence-electron chi connectivity index (χ3n) is 1.68. The van der Waals surface area contributed by atoms with Crippen molar-refractivity contribution in [2.24, 2.45) is 0 Å². The van der Waals surface area contributed by atoms with E-state index in [2.05, 4.69) is 4.28 Å². The maximum Gasteiger partial charge on any atom is 0.254 e. The summed E-state index contributed by atoms with van der Waals surface area (Å²) in [5.41, 5.74) is 0.260. The van der Waals surface area contributed by atoms with E-state index in [0.29, 0.717) is 5.02 Å². The largest absolute Gasteiger partial charge is 0.748 e. The highest BCUT2D eigenvalue weighted by atomic mass is 35.5. The Kier molecular flexibility index (Phi) is 4.69. The fraction of sp³-hybridized carbons (Fsp3) is 0.125. The topological polar surface area (TPSA) is 69.7 Å². The van der Waals surface area contributed by atoms with Crippen molar-refractivity contribution in [3.8, 4) is 0 Å². The average Bonchev–Trinajstić information content (AvgIpc) is 2.16. The van der Waals surface area contributed by atoms with Crippen LogP contribution in [0.15, 0.2) is 18.2 Å². The van der Waals surface area contributed by atoms with E-state index in [1.54, 1.807) is 0 Å². The Morgan fingerprint density at radius 1 is 1.56 bits per heavy atom. The van der Waals surface area contributed by atoms with Crippen LogP contribution in [-0.2, 0) is 15.6 Å². The van der Waals surface area contributed by atoms with Crippen LogP contribution in [-0.4, -0.2) is 21.1 Å². The Morgan fingerprint density at radius 2 is 2.19 bits per heavy atom. The van der Waals surface area contributed by atoms with Gasteiger partial charge in [0.1, 0.15) is 11.4 Å². The second-order valence-corrected chi connectivity index (χ2v) is 4.05. The molecule has 0 heterocycles. The minimum atomic E-state index is -2.73. The van der Waals surface area contributed by atoms with Gasteiger partial charge in [0.05, 0.1) is 11.3 Å². The molecule has 88 valence electrons. The van der Waals surface area contributed by atoms with Gasteiger partial charge >= 0.3 is 0 Å². The van der Waals surface area contributed by atoms with E-state index in [1.807, 2.05) is 0 Å². The number of carbonyl (C=O) groups is 1. The summed E-state index contributed by atoms with van der Waals surface area (Å²) in [7, 11) is 1.32. The molecule has 0 amide bonds. The first-order valence-electron chi connectivity index (χ1n) is 3.92.